The van der Waals surface area contributed by atoms with Crippen LogP contribution in [0.25, 0.3) is 0 Å². The van der Waals surface area contributed by atoms with Gasteiger partial charge in [0.15, 0.2) is 0 Å². The van der Waals surface area contributed by atoms with Gasteiger partial charge in [-0.05, 0) is 24.1 Å². The molecule has 0 radical (unpaired) electrons. The molecule has 0 spiro atoms. The van der Waals surface area contributed by atoms with E-state index in [1.54, 1.807) is 0 Å². The molecule has 1 aliphatic rings. The lowest BCUT2D eigenvalue weighted by Gasteiger charge is -2.22. The lowest BCUT2D eigenvalue weighted by Crippen LogP contribution is -2.26. The van der Waals surface area contributed by atoms with Crippen molar-refractivity contribution >= 4 is 21.6 Å². The molecule has 1 aliphatic heterocycles. The molecule has 0 bridgehead atoms. The molecule has 1 fully saturated rings. The van der Waals surface area contributed by atoms with E-state index in [0.29, 0.717) is 6.04 Å². The van der Waals surface area contributed by atoms with Crippen molar-refractivity contribution in [1.29, 1.82) is 0 Å². The second-order valence-electron chi connectivity index (χ2n) is 5.20. The molecule has 1 aromatic carbocycles. The first kappa shape index (κ1) is 13.8. The second kappa shape index (κ2) is 6.04. The first-order chi connectivity index (χ1) is 8.56. The van der Waals surface area contributed by atoms with Crippen LogP contribution in [0.4, 0.5) is 5.69 Å². The van der Waals surface area contributed by atoms with Crippen molar-refractivity contribution in [3.05, 3.63) is 28.2 Å². The summed E-state index contributed by atoms with van der Waals surface area (Å²) in [7, 11) is 0. The van der Waals surface area contributed by atoms with Crippen molar-refractivity contribution < 1.29 is 5.11 Å². The zero-order valence-electron chi connectivity index (χ0n) is 11.0. The Morgan fingerprint density at radius 3 is 2.89 bits per heavy atom. The molecule has 0 amide bonds. The van der Waals surface area contributed by atoms with E-state index in [4.69, 9.17) is 0 Å². The summed E-state index contributed by atoms with van der Waals surface area (Å²) in [5.41, 5.74) is 2.52. The minimum Gasteiger partial charge on any atom is -0.391 e. The number of anilines is 1. The Balaban J connectivity index is 2.18. The maximum absolute atomic E-state index is 9.67. The van der Waals surface area contributed by atoms with Crippen LogP contribution in [0.15, 0.2) is 22.7 Å². The third-order valence-corrected chi connectivity index (χ3v) is 3.75. The van der Waals surface area contributed by atoms with Crippen LogP contribution in [-0.2, 0) is 6.54 Å². The summed E-state index contributed by atoms with van der Waals surface area (Å²) in [6.45, 7) is 6.85. The number of rotatable bonds is 4. The molecule has 1 saturated heterocycles. The highest BCUT2D eigenvalue weighted by Gasteiger charge is 2.22. The van der Waals surface area contributed by atoms with E-state index < -0.39 is 0 Å². The fourth-order valence-electron chi connectivity index (χ4n) is 2.26. The van der Waals surface area contributed by atoms with Gasteiger partial charge in [-0.1, -0.05) is 35.8 Å². The summed E-state index contributed by atoms with van der Waals surface area (Å²) >= 11 is 3.53. The van der Waals surface area contributed by atoms with Gasteiger partial charge < -0.3 is 15.3 Å². The highest BCUT2D eigenvalue weighted by atomic mass is 79.9. The average Bonchev–Trinajstić information content (AvgIpc) is 2.74. The monoisotopic (exact) mass is 312 g/mol. The van der Waals surface area contributed by atoms with Crippen LogP contribution in [0.1, 0.15) is 25.8 Å². The normalized spacial score (nSPS) is 19.8. The second-order valence-corrected chi connectivity index (χ2v) is 6.11. The van der Waals surface area contributed by atoms with Gasteiger partial charge in [0.25, 0.3) is 0 Å². The van der Waals surface area contributed by atoms with Crippen molar-refractivity contribution in [2.24, 2.45) is 0 Å². The zero-order valence-corrected chi connectivity index (χ0v) is 12.6. The maximum Gasteiger partial charge on any atom is 0.0731 e. The van der Waals surface area contributed by atoms with Gasteiger partial charge in [-0.2, -0.15) is 0 Å². The molecule has 18 heavy (non-hydrogen) atoms. The minimum atomic E-state index is -0.185. The third kappa shape index (κ3) is 3.46. The third-order valence-electron chi connectivity index (χ3n) is 3.25. The highest BCUT2D eigenvalue weighted by molar-refractivity contribution is 9.10. The Bertz CT molecular complexity index is 409. The number of benzene rings is 1. The van der Waals surface area contributed by atoms with Crippen molar-refractivity contribution in [2.45, 2.75) is 39.0 Å². The molecule has 0 aromatic heterocycles. The summed E-state index contributed by atoms with van der Waals surface area (Å²) in [5.74, 6) is 0. The first-order valence-corrected chi connectivity index (χ1v) is 7.30. The van der Waals surface area contributed by atoms with E-state index in [1.165, 1.54) is 11.3 Å². The van der Waals surface area contributed by atoms with Gasteiger partial charge in [-0.15, -0.1) is 0 Å². The number of β-amino-alcohol motifs (C(OH)–C–C–N with tert-alkyl or cyclic N) is 1. The summed E-state index contributed by atoms with van der Waals surface area (Å²) in [4.78, 5) is 2.27. The molecule has 2 rings (SSSR count). The van der Waals surface area contributed by atoms with Crippen molar-refractivity contribution in [1.82, 2.24) is 5.32 Å². The van der Waals surface area contributed by atoms with Gasteiger partial charge in [-0.3, -0.25) is 0 Å². The predicted molar refractivity (Wildman–Crippen MR) is 79.0 cm³/mol. The summed E-state index contributed by atoms with van der Waals surface area (Å²) in [5, 5.41) is 13.1. The molecule has 2 N–H and O–H groups in total. The fourth-order valence-corrected chi connectivity index (χ4v) is 2.60. The van der Waals surface area contributed by atoms with Crippen LogP contribution in [0, 0.1) is 0 Å². The predicted octanol–water partition coefficient (Wildman–Crippen LogP) is 2.52. The van der Waals surface area contributed by atoms with E-state index in [0.717, 1.165) is 30.5 Å². The van der Waals surface area contributed by atoms with Crippen molar-refractivity contribution in [3.8, 4) is 0 Å². The maximum atomic E-state index is 9.67. The SMILES string of the molecule is CC(C)NCc1ccc(Br)cc1N1CCC(O)C1. The van der Waals surface area contributed by atoms with Crippen LogP contribution < -0.4 is 10.2 Å². The largest absolute Gasteiger partial charge is 0.391 e. The quantitative estimate of drug-likeness (QED) is 0.897. The number of nitrogens with one attached hydrogen (secondary N) is 1. The lowest BCUT2D eigenvalue weighted by atomic mass is 10.1. The highest BCUT2D eigenvalue weighted by Crippen LogP contribution is 2.28. The summed E-state index contributed by atoms with van der Waals surface area (Å²) in [6, 6.07) is 6.85. The zero-order chi connectivity index (χ0) is 13.1. The van der Waals surface area contributed by atoms with E-state index >= 15 is 0 Å². The van der Waals surface area contributed by atoms with Gasteiger partial charge in [0.1, 0.15) is 0 Å². The molecule has 3 nitrogen and oxygen atoms in total. The molecule has 1 aromatic rings. The Labute approximate surface area is 117 Å². The number of hydrogen-bond donors (Lipinski definition) is 2. The van der Waals surface area contributed by atoms with Crippen LogP contribution in [0.3, 0.4) is 0 Å². The smallest absolute Gasteiger partial charge is 0.0731 e. The standard InChI is InChI=1S/C14H21BrN2O/c1-10(2)16-8-11-3-4-12(15)7-14(11)17-6-5-13(18)9-17/h3-4,7,10,13,16,18H,5-6,8-9H2,1-2H3. The first-order valence-electron chi connectivity index (χ1n) is 6.51. The molecular formula is C14H21BrN2O. The van der Waals surface area contributed by atoms with Crippen LogP contribution in [0.2, 0.25) is 0 Å². The topological polar surface area (TPSA) is 35.5 Å². The van der Waals surface area contributed by atoms with Crippen molar-refractivity contribution in [2.75, 3.05) is 18.0 Å². The van der Waals surface area contributed by atoms with E-state index in [9.17, 15) is 5.11 Å². The van der Waals surface area contributed by atoms with Crippen LogP contribution in [-0.4, -0.2) is 30.3 Å². The average molecular weight is 313 g/mol. The van der Waals surface area contributed by atoms with Gasteiger partial charge in [0, 0.05) is 35.8 Å². The van der Waals surface area contributed by atoms with E-state index in [2.05, 4.69) is 58.2 Å². The van der Waals surface area contributed by atoms with Gasteiger partial charge in [0.05, 0.1) is 6.10 Å². The summed E-state index contributed by atoms with van der Waals surface area (Å²) in [6.07, 6.45) is 0.679. The number of aliphatic hydroxyl groups is 1. The molecule has 1 unspecified atom stereocenters. The fraction of sp³-hybridized carbons (Fsp3) is 0.571. The number of aliphatic hydroxyl groups excluding tert-OH is 1. The molecule has 1 atom stereocenters. The molecule has 0 saturated carbocycles. The number of hydrogen-bond acceptors (Lipinski definition) is 3. The molecule has 0 aliphatic carbocycles. The van der Waals surface area contributed by atoms with Gasteiger partial charge in [0.2, 0.25) is 0 Å². The minimum absolute atomic E-state index is 0.185. The lowest BCUT2D eigenvalue weighted by molar-refractivity contribution is 0.198. The number of halogens is 1. The Morgan fingerprint density at radius 2 is 2.28 bits per heavy atom. The van der Waals surface area contributed by atoms with Gasteiger partial charge >= 0.3 is 0 Å². The molecule has 100 valence electrons. The number of nitrogens with zero attached hydrogens (tertiary/aromatic N) is 1. The molecule has 4 heteroatoms. The Morgan fingerprint density at radius 1 is 1.50 bits per heavy atom. The van der Waals surface area contributed by atoms with E-state index in [-0.39, 0.29) is 6.10 Å². The van der Waals surface area contributed by atoms with Gasteiger partial charge in [-0.25, -0.2) is 0 Å². The molecule has 1 heterocycles. The molecular weight excluding hydrogens is 292 g/mol. The Hall–Kier alpha value is -0.580. The van der Waals surface area contributed by atoms with Crippen LogP contribution >= 0.6 is 15.9 Å². The summed E-state index contributed by atoms with van der Waals surface area (Å²) < 4.78 is 1.09. The van der Waals surface area contributed by atoms with Crippen molar-refractivity contribution in [3.63, 3.8) is 0 Å². The Kier molecular flexibility index (Phi) is 4.65. The van der Waals surface area contributed by atoms with Crippen LogP contribution in [0.5, 0.6) is 0 Å². The van der Waals surface area contributed by atoms with E-state index in [1.807, 2.05) is 0 Å².